The molecule has 1 heterocycles. The number of halogens is 3. The Morgan fingerprint density at radius 3 is 2.32 bits per heavy atom. The Morgan fingerprint density at radius 2 is 1.72 bits per heavy atom. The minimum Gasteiger partial charge on any atom is -0.258 e. The molecule has 25 heavy (non-hydrogen) atoms. The average Bonchev–Trinajstić information content (AvgIpc) is 2.96. The maximum Gasteiger partial charge on any atom is 0.419 e. The molecular weight excluding hydrogens is 347 g/mol. The first kappa shape index (κ1) is 16.3. The van der Waals surface area contributed by atoms with Crippen LogP contribution in [0, 0.1) is 20.2 Å². The van der Waals surface area contributed by atoms with Crippen molar-refractivity contribution in [3.8, 4) is 5.69 Å². The van der Waals surface area contributed by atoms with Crippen molar-refractivity contribution >= 4 is 22.4 Å². The summed E-state index contributed by atoms with van der Waals surface area (Å²) < 4.78 is 40.9. The van der Waals surface area contributed by atoms with Gasteiger partial charge in [-0.15, -0.1) is 5.10 Å². The highest BCUT2D eigenvalue weighted by molar-refractivity contribution is 5.78. The molecule has 2 aromatic carbocycles. The van der Waals surface area contributed by atoms with E-state index in [0.717, 1.165) is 0 Å². The lowest BCUT2D eigenvalue weighted by Crippen LogP contribution is -2.14. The quantitative estimate of drug-likeness (QED) is 0.527. The molecule has 0 fully saturated rings. The van der Waals surface area contributed by atoms with E-state index in [1.54, 1.807) is 6.07 Å². The number of nitro benzene ring substituents is 2. The van der Waals surface area contributed by atoms with Crippen molar-refractivity contribution in [1.82, 2.24) is 15.0 Å². The molecule has 0 amide bonds. The van der Waals surface area contributed by atoms with E-state index in [9.17, 15) is 33.4 Å². The van der Waals surface area contributed by atoms with Crippen molar-refractivity contribution in [2.45, 2.75) is 6.18 Å². The number of nitro groups is 2. The van der Waals surface area contributed by atoms with Crippen LogP contribution in [0.2, 0.25) is 0 Å². The predicted molar refractivity (Wildman–Crippen MR) is 77.2 cm³/mol. The number of para-hydroxylation sites is 1. The van der Waals surface area contributed by atoms with Gasteiger partial charge in [0.25, 0.3) is 5.69 Å². The number of fused-ring (bicyclic) bond motifs is 1. The second kappa shape index (κ2) is 5.51. The maximum atomic E-state index is 13.4. The van der Waals surface area contributed by atoms with Gasteiger partial charge in [-0.3, -0.25) is 20.2 Å². The first-order valence-electron chi connectivity index (χ1n) is 6.55. The van der Waals surface area contributed by atoms with Gasteiger partial charge in [0.1, 0.15) is 5.52 Å². The molecule has 0 atom stereocenters. The molecule has 0 saturated carbocycles. The SMILES string of the molecule is O=[N+]([O-])c1cc([N+](=O)[O-])c(-n2nnc3ccccc32)c(C(F)(F)F)c1. The summed E-state index contributed by atoms with van der Waals surface area (Å²) in [6, 6.07) is 6.59. The molecular formula is C13H6F3N5O4. The third-order valence-electron chi connectivity index (χ3n) is 3.35. The van der Waals surface area contributed by atoms with Crippen LogP contribution < -0.4 is 0 Å². The number of hydrogen-bond acceptors (Lipinski definition) is 6. The summed E-state index contributed by atoms with van der Waals surface area (Å²) in [5, 5.41) is 29.3. The standard InChI is InChI=1S/C13H6F3N5O4/c14-13(15,16)8-5-7(20(22)23)6-11(21(24)25)12(8)19-10-4-2-1-3-9(10)17-18-19/h1-6H. The van der Waals surface area contributed by atoms with Crippen molar-refractivity contribution in [1.29, 1.82) is 0 Å². The second-order valence-electron chi connectivity index (χ2n) is 4.86. The molecule has 0 unspecified atom stereocenters. The minimum atomic E-state index is -5.08. The van der Waals surface area contributed by atoms with E-state index < -0.39 is 38.6 Å². The molecule has 0 radical (unpaired) electrons. The van der Waals surface area contributed by atoms with Crippen LogP contribution in [0.4, 0.5) is 24.5 Å². The van der Waals surface area contributed by atoms with Gasteiger partial charge in [-0.2, -0.15) is 13.2 Å². The van der Waals surface area contributed by atoms with Crippen LogP contribution in [0.25, 0.3) is 16.7 Å². The van der Waals surface area contributed by atoms with E-state index in [2.05, 4.69) is 10.3 Å². The van der Waals surface area contributed by atoms with Crippen molar-refractivity contribution < 1.29 is 23.0 Å². The Kier molecular flexibility index (Phi) is 3.59. The summed E-state index contributed by atoms with van der Waals surface area (Å²) >= 11 is 0. The first-order chi connectivity index (χ1) is 11.7. The van der Waals surface area contributed by atoms with E-state index >= 15 is 0 Å². The topological polar surface area (TPSA) is 117 Å². The smallest absolute Gasteiger partial charge is 0.258 e. The van der Waals surface area contributed by atoms with Gasteiger partial charge in [-0.25, -0.2) is 4.68 Å². The van der Waals surface area contributed by atoms with E-state index in [-0.39, 0.29) is 17.1 Å². The summed E-state index contributed by atoms with van der Waals surface area (Å²) in [7, 11) is 0. The van der Waals surface area contributed by atoms with Crippen molar-refractivity contribution in [3.63, 3.8) is 0 Å². The van der Waals surface area contributed by atoms with Gasteiger partial charge in [0.2, 0.25) is 0 Å². The molecule has 0 N–H and O–H groups in total. The van der Waals surface area contributed by atoms with Crippen molar-refractivity contribution in [2.24, 2.45) is 0 Å². The molecule has 3 aromatic rings. The number of non-ortho nitro benzene ring substituents is 1. The molecule has 12 heteroatoms. The maximum absolute atomic E-state index is 13.4. The Hall–Kier alpha value is -3.57. The number of alkyl halides is 3. The van der Waals surface area contributed by atoms with Crippen LogP contribution in [-0.4, -0.2) is 24.8 Å². The Balaban J connectivity index is 2.45. The number of hydrogen-bond donors (Lipinski definition) is 0. The molecule has 0 saturated heterocycles. The van der Waals surface area contributed by atoms with Crippen LogP contribution in [0.1, 0.15) is 5.56 Å². The van der Waals surface area contributed by atoms with Gasteiger partial charge in [-0.05, 0) is 12.1 Å². The monoisotopic (exact) mass is 353 g/mol. The van der Waals surface area contributed by atoms with Gasteiger partial charge in [0.15, 0.2) is 5.69 Å². The Labute approximate surface area is 135 Å². The molecule has 0 aliphatic carbocycles. The summed E-state index contributed by atoms with van der Waals surface area (Å²) in [6.45, 7) is 0. The van der Waals surface area contributed by atoms with Gasteiger partial charge >= 0.3 is 11.9 Å². The molecule has 9 nitrogen and oxygen atoms in total. The fourth-order valence-electron chi connectivity index (χ4n) is 2.32. The largest absolute Gasteiger partial charge is 0.419 e. The summed E-state index contributed by atoms with van der Waals surface area (Å²) in [5.41, 5.74) is -4.33. The normalized spacial score (nSPS) is 11.6. The molecule has 128 valence electrons. The zero-order valence-electron chi connectivity index (χ0n) is 12.0. The molecule has 3 rings (SSSR count). The van der Waals surface area contributed by atoms with E-state index in [0.29, 0.717) is 10.7 Å². The fourth-order valence-corrected chi connectivity index (χ4v) is 2.32. The number of nitrogens with zero attached hydrogens (tertiary/aromatic N) is 5. The average molecular weight is 353 g/mol. The molecule has 0 bridgehead atoms. The van der Waals surface area contributed by atoms with Crippen LogP contribution in [-0.2, 0) is 6.18 Å². The van der Waals surface area contributed by atoms with Crippen LogP contribution in [0.15, 0.2) is 36.4 Å². The zero-order valence-corrected chi connectivity index (χ0v) is 12.0. The minimum absolute atomic E-state index is 0.0879. The fraction of sp³-hybridized carbons (Fsp3) is 0.0769. The van der Waals surface area contributed by atoms with Gasteiger partial charge in [-0.1, -0.05) is 17.3 Å². The highest BCUT2D eigenvalue weighted by atomic mass is 19.4. The summed E-state index contributed by atoms with van der Waals surface area (Å²) in [6.07, 6.45) is -5.08. The van der Waals surface area contributed by atoms with Gasteiger partial charge < -0.3 is 0 Å². The molecule has 0 aliphatic heterocycles. The summed E-state index contributed by atoms with van der Waals surface area (Å²) in [5.74, 6) is 0. The van der Waals surface area contributed by atoms with E-state index in [4.69, 9.17) is 0 Å². The van der Waals surface area contributed by atoms with E-state index in [1.165, 1.54) is 18.2 Å². The lowest BCUT2D eigenvalue weighted by Gasteiger charge is -2.13. The number of benzene rings is 2. The van der Waals surface area contributed by atoms with Gasteiger partial charge in [0.05, 0.1) is 27.0 Å². The first-order valence-corrected chi connectivity index (χ1v) is 6.55. The van der Waals surface area contributed by atoms with Gasteiger partial charge in [0, 0.05) is 6.07 Å². The third kappa shape index (κ3) is 2.73. The lowest BCUT2D eigenvalue weighted by atomic mass is 10.1. The van der Waals surface area contributed by atoms with Crippen molar-refractivity contribution in [2.75, 3.05) is 0 Å². The zero-order chi connectivity index (χ0) is 18.4. The highest BCUT2D eigenvalue weighted by Crippen LogP contribution is 2.41. The summed E-state index contributed by atoms with van der Waals surface area (Å²) in [4.78, 5) is 19.8. The predicted octanol–water partition coefficient (Wildman–Crippen LogP) is 3.26. The number of rotatable bonds is 3. The second-order valence-corrected chi connectivity index (χ2v) is 4.86. The lowest BCUT2D eigenvalue weighted by molar-refractivity contribution is -0.394. The van der Waals surface area contributed by atoms with E-state index in [1.807, 2.05) is 0 Å². The Morgan fingerprint density at radius 1 is 1.04 bits per heavy atom. The van der Waals surface area contributed by atoms with Crippen LogP contribution in [0.3, 0.4) is 0 Å². The highest BCUT2D eigenvalue weighted by Gasteiger charge is 2.41. The third-order valence-corrected chi connectivity index (χ3v) is 3.35. The van der Waals surface area contributed by atoms with Crippen molar-refractivity contribution in [3.05, 3.63) is 62.2 Å². The number of aromatic nitrogens is 3. The molecule has 0 aliphatic rings. The van der Waals surface area contributed by atoms with Crippen LogP contribution >= 0.6 is 0 Å². The van der Waals surface area contributed by atoms with Crippen LogP contribution in [0.5, 0.6) is 0 Å². The molecule has 0 spiro atoms. The Bertz CT molecular complexity index is 1010. The molecule has 1 aromatic heterocycles.